The predicted molar refractivity (Wildman–Crippen MR) is 110 cm³/mol. The number of hydrogen-bond acceptors (Lipinski definition) is 3. The molecule has 22 heavy (non-hydrogen) atoms. The summed E-state index contributed by atoms with van der Waals surface area (Å²) in [5.74, 6) is 2.66. The van der Waals surface area contributed by atoms with E-state index in [4.69, 9.17) is 0 Å². The summed E-state index contributed by atoms with van der Waals surface area (Å²) in [6.07, 6.45) is 3.15. The Morgan fingerprint density at radius 2 is 2.09 bits per heavy atom. The first-order chi connectivity index (χ1) is 9.74. The molecule has 0 spiro atoms. The van der Waals surface area contributed by atoms with Gasteiger partial charge in [-0.3, -0.25) is 4.99 Å². The molecule has 0 amide bonds. The topological polar surface area (TPSA) is 56.7 Å². The van der Waals surface area contributed by atoms with Crippen LogP contribution in [0.2, 0.25) is 0 Å². The summed E-state index contributed by atoms with van der Waals surface area (Å²) in [6.45, 7) is 12.4. The van der Waals surface area contributed by atoms with Crippen molar-refractivity contribution in [3.63, 3.8) is 0 Å². The molecule has 1 heterocycles. The first-order valence-electron chi connectivity index (χ1n) is 8.09. The van der Waals surface area contributed by atoms with Gasteiger partial charge < -0.3 is 15.7 Å². The van der Waals surface area contributed by atoms with Crippen LogP contribution in [0.5, 0.6) is 0 Å². The minimum atomic E-state index is -0.609. The lowest BCUT2D eigenvalue weighted by Crippen LogP contribution is -2.44. The van der Waals surface area contributed by atoms with E-state index in [2.05, 4.69) is 50.2 Å². The Kier molecular flexibility index (Phi) is 10.4. The fourth-order valence-corrected chi connectivity index (χ4v) is 3.51. The van der Waals surface area contributed by atoms with Crippen molar-refractivity contribution in [3.8, 4) is 0 Å². The van der Waals surface area contributed by atoms with Crippen LogP contribution in [-0.2, 0) is 0 Å². The van der Waals surface area contributed by atoms with Gasteiger partial charge in [-0.1, -0.05) is 20.8 Å². The minimum Gasteiger partial charge on any atom is -0.387 e. The largest absolute Gasteiger partial charge is 0.387 e. The van der Waals surface area contributed by atoms with Crippen molar-refractivity contribution in [2.75, 3.05) is 24.6 Å². The summed E-state index contributed by atoms with van der Waals surface area (Å²) in [4.78, 5) is 4.58. The van der Waals surface area contributed by atoms with Crippen molar-refractivity contribution in [2.24, 2.45) is 10.4 Å². The van der Waals surface area contributed by atoms with E-state index in [9.17, 15) is 5.11 Å². The molecular formula is C16H34IN3OS. The van der Waals surface area contributed by atoms with Gasteiger partial charge in [0.1, 0.15) is 0 Å². The lowest BCUT2D eigenvalue weighted by molar-refractivity contribution is 0.0778. The lowest BCUT2D eigenvalue weighted by atomic mass is 9.89. The smallest absolute Gasteiger partial charge is 0.191 e. The van der Waals surface area contributed by atoms with Crippen LogP contribution in [-0.4, -0.2) is 47.3 Å². The highest BCUT2D eigenvalue weighted by atomic mass is 127. The highest BCUT2D eigenvalue weighted by Crippen LogP contribution is 2.27. The van der Waals surface area contributed by atoms with E-state index in [0.717, 1.165) is 36.9 Å². The second-order valence-electron chi connectivity index (χ2n) is 7.37. The van der Waals surface area contributed by atoms with E-state index in [0.29, 0.717) is 18.0 Å². The molecule has 2 atom stereocenters. The molecule has 1 aliphatic heterocycles. The molecule has 0 bridgehead atoms. The van der Waals surface area contributed by atoms with E-state index >= 15 is 0 Å². The summed E-state index contributed by atoms with van der Waals surface area (Å²) in [5, 5.41) is 17.1. The van der Waals surface area contributed by atoms with Crippen LogP contribution in [0.4, 0.5) is 0 Å². The van der Waals surface area contributed by atoms with Crippen molar-refractivity contribution in [1.82, 2.24) is 10.6 Å². The second kappa shape index (κ2) is 10.2. The molecule has 6 heteroatoms. The van der Waals surface area contributed by atoms with Crippen molar-refractivity contribution >= 4 is 41.7 Å². The molecule has 132 valence electrons. The van der Waals surface area contributed by atoms with Crippen LogP contribution in [0.1, 0.15) is 53.9 Å². The van der Waals surface area contributed by atoms with E-state index in [-0.39, 0.29) is 24.0 Å². The average molecular weight is 443 g/mol. The summed E-state index contributed by atoms with van der Waals surface area (Å²) >= 11 is 1.81. The third kappa shape index (κ3) is 9.45. The molecule has 1 fully saturated rings. The molecule has 1 saturated heterocycles. The van der Waals surface area contributed by atoms with Gasteiger partial charge in [-0.15, -0.1) is 24.0 Å². The van der Waals surface area contributed by atoms with Crippen LogP contribution in [0, 0.1) is 5.41 Å². The number of hydrogen-bond donors (Lipinski definition) is 3. The molecule has 2 unspecified atom stereocenters. The normalized spacial score (nSPS) is 23.8. The molecular weight excluding hydrogens is 409 g/mol. The molecule has 0 aromatic rings. The standard InChI is InChI=1S/C16H33N3OS.HI/c1-6-17-14(18-11-16(20)9-10-21-12-16)19-13(2)7-8-15(3,4)5;/h13,20H,6-12H2,1-5H3,(H2,17,18,19);1H. The second-order valence-corrected chi connectivity index (χ2v) is 8.47. The highest BCUT2D eigenvalue weighted by molar-refractivity contribution is 14.0. The third-order valence-corrected chi connectivity index (χ3v) is 4.90. The summed E-state index contributed by atoms with van der Waals surface area (Å²) < 4.78 is 0. The fourth-order valence-electron chi connectivity index (χ4n) is 2.22. The summed E-state index contributed by atoms with van der Waals surface area (Å²) in [6, 6.07) is 0.384. The number of guanidine groups is 1. The van der Waals surface area contributed by atoms with Crippen molar-refractivity contribution in [3.05, 3.63) is 0 Å². The maximum atomic E-state index is 10.4. The maximum absolute atomic E-state index is 10.4. The average Bonchev–Trinajstić information content (AvgIpc) is 2.81. The van der Waals surface area contributed by atoms with Gasteiger partial charge in [-0.05, 0) is 44.3 Å². The molecule has 0 saturated carbocycles. The van der Waals surface area contributed by atoms with Gasteiger partial charge >= 0.3 is 0 Å². The number of halogens is 1. The van der Waals surface area contributed by atoms with E-state index in [1.165, 1.54) is 6.42 Å². The molecule has 1 rings (SSSR count). The quantitative estimate of drug-likeness (QED) is 0.335. The maximum Gasteiger partial charge on any atom is 0.191 e. The van der Waals surface area contributed by atoms with Crippen molar-refractivity contribution in [2.45, 2.75) is 65.5 Å². The van der Waals surface area contributed by atoms with E-state index < -0.39 is 5.60 Å². The number of nitrogens with zero attached hydrogens (tertiary/aromatic N) is 1. The molecule has 0 aliphatic carbocycles. The molecule has 4 nitrogen and oxygen atoms in total. The van der Waals surface area contributed by atoms with Crippen molar-refractivity contribution in [1.29, 1.82) is 0 Å². The summed E-state index contributed by atoms with van der Waals surface area (Å²) in [7, 11) is 0. The Labute approximate surface area is 157 Å². The van der Waals surface area contributed by atoms with Crippen LogP contribution < -0.4 is 10.6 Å². The minimum absolute atomic E-state index is 0. The Hall–Kier alpha value is 0.310. The van der Waals surface area contributed by atoms with Gasteiger partial charge in [0.05, 0.1) is 12.1 Å². The van der Waals surface area contributed by atoms with Gasteiger partial charge in [-0.2, -0.15) is 11.8 Å². The van der Waals surface area contributed by atoms with Crippen molar-refractivity contribution < 1.29 is 5.11 Å². The van der Waals surface area contributed by atoms with Gasteiger partial charge in [0.25, 0.3) is 0 Å². The Morgan fingerprint density at radius 3 is 2.59 bits per heavy atom. The Balaban J connectivity index is 0.00000441. The van der Waals surface area contributed by atoms with Gasteiger partial charge in [0, 0.05) is 18.3 Å². The van der Waals surface area contributed by atoms with Crippen LogP contribution in [0.15, 0.2) is 4.99 Å². The lowest BCUT2D eigenvalue weighted by Gasteiger charge is -2.24. The Bertz CT molecular complexity index is 339. The summed E-state index contributed by atoms with van der Waals surface area (Å²) in [5.41, 5.74) is -0.247. The number of aliphatic imine (C=N–C) groups is 1. The number of thioether (sulfide) groups is 1. The zero-order chi connectivity index (χ0) is 15.9. The first-order valence-corrected chi connectivity index (χ1v) is 9.24. The number of nitrogens with one attached hydrogen (secondary N) is 2. The van der Waals surface area contributed by atoms with Gasteiger partial charge in [-0.25, -0.2) is 0 Å². The molecule has 0 radical (unpaired) electrons. The van der Waals surface area contributed by atoms with Crippen LogP contribution >= 0.6 is 35.7 Å². The highest BCUT2D eigenvalue weighted by Gasteiger charge is 2.31. The Morgan fingerprint density at radius 1 is 1.41 bits per heavy atom. The van der Waals surface area contributed by atoms with Gasteiger partial charge in [0.2, 0.25) is 0 Å². The van der Waals surface area contributed by atoms with E-state index in [1.807, 2.05) is 11.8 Å². The number of aliphatic hydroxyl groups is 1. The zero-order valence-electron chi connectivity index (χ0n) is 14.7. The van der Waals surface area contributed by atoms with Crippen LogP contribution in [0.3, 0.4) is 0 Å². The zero-order valence-corrected chi connectivity index (χ0v) is 17.9. The molecule has 0 aromatic heterocycles. The number of rotatable bonds is 6. The molecule has 1 aliphatic rings. The monoisotopic (exact) mass is 443 g/mol. The predicted octanol–water partition coefficient (Wildman–Crippen LogP) is 3.24. The van der Waals surface area contributed by atoms with Crippen LogP contribution in [0.25, 0.3) is 0 Å². The molecule has 3 N–H and O–H groups in total. The first kappa shape index (κ1) is 22.3. The molecule has 0 aromatic carbocycles. The third-order valence-electron chi connectivity index (χ3n) is 3.67. The van der Waals surface area contributed by atoms with E-state index in [1.54, 1.807) is 0 Å². The SMILES string of the molecule is CCNC(=NCC1(O)CCSC1)NC(C)CCC(C)(C)C.I. The van der Waals surface area contributed by atoms with Gasteiger partial charge in [0.15, 0.2) is 5.96 Å². The fraction of sp³-hybridized carbons (Fsp3) is 0.938.